The SMILES string of the molecule is CCCCCC(C)NC1CN(C(c2ccc(Cl)cc2)c2ccc(Cl)cc2)C1. The summed E-state index contributed by atoms with van der Waals surface area (Å²) in [7, 11) is 0. The fourth-order valence-corrected chi connectivity index (χ4v) is 4.17. The molecule has 0 aromatic heterocycles. The first-order valence-electron chi connectivity index (χ1n) is 10.1. The number of rotatable bonds is 9. The van der Waals surface area contributed by atoms with Crippen molar-refractivity contribution < 1.29 is 0 Å². The second-order valence-electron chi connectivity index (χ2n) is 7.72. The predicted molar refractivity (Wildman–Crippen MR) is 117 cm³/mol. The molecule has 2 nitrogen and oxygen atoms in total. The van der Waals surface area contributed by atoms with E-state index in [1.54, 1.807) is 0 Å². The van der Waals surface area contributed by atoms with Crippen LogP contribution in [0.15, 0.2) is 48.5 Å². The predicted octanol–water partition coefficient (Wildman–Crippen LogP) is 6.33. The van der Waals surface area contributed by atoms with Crippen LogP contribution in [0.1, 0.15) is 56.7 Å². The van der Waals surface area contributed by atoms with Crippen molar-refractivity contribution in [2.45, 2.75) is 57.7 Å². The van der Waals surface area contributed by atoms with Crippen molar-refractivity contribution in [3.8, 4) is 0 Å². The molecule has 0 aliphatic carbocycles. The number of benzene rings is 2. The number of nitrogens with zero attached hydrogens (tertiary/aromatic N) is 1. The van der Waals surface area contributed by atoms with Gasteiger partial charge in [-0.2, -0.15) is 0 Å². The van der Waals surface area contributed by atoms with Gasteiger partial charge in [-0.15, -0.1) is 0 Å². The molecule has 1 heterocycles. The molecule has 0 spiro atoms. The third kappa shape index (κ3) is 5.71. The molecule has 4 heteroatoms. The maximum Gasteiger partial charge on any atom is 0.0602 e. The highest BCUT2D eigenvalue weighted by atomic mass is 35.5. The van der Waals surface area contributed by atoms with Crippen molar-refractivity contribution in [2.75, 3.05) is 13.1 Å². The first kappa shape index (κ1) is 20.7. The molecule has 0 bridgehead atoms. The van der Waals surface area contributed by atoms with Crippen LogP contribution in [0.2, 0.25) is 10.0 Å². The molecule has 1 fully saturated rings. The lowest BCUT2D eigenvalue weighted by Crippen LogP contribution is -2.60. The van der Waals surface area contributed by atoms with Crippen LogP contribution in [0, 0.1) is 0 Å². The van der Waals surface area contributed by atoms with Gasteiger partial charge in [0, 0.05) is 35.2 Å². The van der Waals surface area contributed by atoms with E-state index in [0.29, 0.717) is 12.1 Å². The van der Waals surface area contributed by atoms with Crippen molar-refractivity contribution >= 4 is 23.2 Å². The normalized spacial score (nSPS) is 16.5. The summed E-state index contributed by atoms with van der Waals surface area (Å²) in [6.07, 6.45) is 5.20. The molecular weight excluding hydrogens is 375 g/mol. The van der Waals surface area contributed by atoms with E-state index < -0.39 is 0 Å². The molecule has 146 valence electrons. The lowest BCUT2D eigenvalue weighted by Gasteiger charge is -2.46. The fourth-order valence-electron chi connectivity index (χ4n) is 3.92. The minimum atomic E-state index is 0.244. The van der Waals surface area contributed by atoms with E-state index >= 15 is 0 Å². The standard InChI is InChI=1S/C23H30Cl2N2/c1-3-4-5-6-17(2)26-22-15-27(16-22)23(18-7-11-20(24)12-8-18)19-9-13-21(25)14-10-19/h7-14,17,22-23,26H,3-6,15-16H2,1-2H3. The molecule has 0 saturated carbocycles. The monoisotopic (exact) mass is 404 g/mol. The smallest absolute Gasteiger partial charge is 0.0602 e. The Bertz CT molecular complexity index is 648. The second kappa shape index (κ2) is 9.93. The van der Waals surface area contributed by atoms with E-state index in [9.17, 15) is 0 Å². The van der Waals surface area contributed by atoms with Gasteiger partial charge in [-0.3, -0.25) is 4.90 Å². The summed E-state index contributed by atoms with van der Waals surface area (Å²) in [4.78, 5) is 2.53. The fraction of sp³-hybridized carbons (Fsp3) is 0.478. The summed E-state index contributed by atoms with van der Waals surface area (Å²) in [5, 5.41) is 5.35. The number of unbranched alkanes of at least 4 members (excludes halogenated alkanes) is 2. The lowest BCUT2D eigenvalue weighted by atomic mass is 9.92. The molecule has 1 aliphatic heterocycles. The van der Waals surface area contributed by atoms with Crippen LogP contribution in [0.3, 0.4) is 0 Å². The molecular formula is C23H30Cl2N2. The number of nitrogens with one attached hydrogen (secondary N) is 1. The quantitative estimate of drug-likeness (QED) is 0.491. The van der Waals surface area contributed by atoms with Gasteiger partial charge in [-0.25, -0.2) is 0 Å². The summed E-state index contributed by atoms with van der Waals surface area (Å²) in [6, 6.07) is 17.9. The molecule has 1 saturated heterocycles. The summed E-state index contributed by atoms with van der Waals surface area (Å²) in [5.74, 6) is 0. The Balaban J connectivity index is 1.65. The van der Waals surface area contributed by atoms with Gasteiger partial charge in [0.2, 0.25) is 0 Å². The van der Waals surface area contributed by atoms with E-state index in [1.807, 2.05) is 24.3 Å². The van der Waals surface area contributed by atoms with Gasteiger partial charge < -0.3 is 5.32 Å². The van der Waals surface area contributed by atoms with Crippen LogP contribution in [0.25, 0.3) is 0 Å². The molecule has 0 radical (unpaired) electrons. The Morgan fingerprint density at radius 1 is 0.926 bits per heavy atom. The summed E-state index contributed by atoms with van der Waals surface area (Å²) >= 11 is 12.2. The van der Waals surface area contributed by atoms with Crippen molar-refractivity contribution in [2.24, 2.45) is 0 Å². The molecule has 1 N–H and O–H groups in total. The first-order valence-corrected chi connectivity index (χ1v) is 10.8. The van der Waals surface area contributed by atoms with Crippen LogP contribution in [0.4, 0.5) is 0 Å². The first-order chi connectivity index (χ1) is 13.1. The highest BCUT2D eigenvalue weighted by molar-refractivity contribution is 6.30. The molecule has 2 aromatic carbocycles. The summed E-state index contributed by atoms with van der Waals surface area (Å²) in [6.45, 7) is 6.70. The Hall–Kier alpha value is -1.06. The largest absolute Gasteiger partial charge is 0.309 e. The zero-order valence-corrected chi connectivity index (χ0v) is 17.8. The minimum absolute atomic E-state index is 0.244. The highest BCUT2D eigenvalue weighted by Gasteiger charge is 2.34. The van der Waals surface area contributed by atoms with Gasteiger partial charge in [-0.1, -0.05) is 73.7 Å². The average molecular weight is 405 g/mol. The number of hydrogen-bond donors (Lipinski definition) is 1. The maximum atomic E-state index is 6.10. The van der Waals surface area contributed by atoms with Gasteiger partial charge in [0.1, 0.15) is 0 Å². The Morgan fingerprint density at radius 2 is 1.44 bits per heavy atom. The molecule has 1 unspecified atom stereocenters. The van der Waals surface area contributed by atoms with E-state index in [4.69, 9.17) is 23.2 Å². The lowest BCUT2D eigenvalue weighted by molar-refractivity contribution is 0.0864. The Kier molecular flexibility index (Phi) is 7.60. The van der Waals surface area contributed by atoms with Crippen LogP contribution in [0.5, 0.6) is 0 Å². The van der Waals surface area contributed by atoms with Gasteiger partial charge in [0.15, 0.2) is 0 Å². The Morgan fingerprint density at radius 3 is 1.93 bits per heavy atom. The zero-order chi connectivity index (χ0) is 19.2. The minimum Gasteiger partial charge on any atom is -0.309 e. The highest BCUT2D eigenvalue weighted by Crippen LogP contribution is 2.33. The van der Waals surface area contributed by atoms with Gasteiger partial charge >= 0.3 is 0 Å². The summed E-state index contributed by atoms with van der Waals surface area (Å²) < 4.78 is 0. The molecule has 1 atom stereocenters. The topological polar surface area (TPSA) is 15.3 Å². The van der Waals surface area contributed by atoms with Crippen LogP contribution in [-0.4, -0.2) is 30.1 Å². The number of halogens is 2. The molecule has 0 amide bonds. The van der Waals surface area contributed by atoms with E-state index in [-0.39, 0.29) is 6.04 Å². The summed E-state index contributed by atoms with van der Waals surface area (Å²) in [5.41, 5.74) is 2.55. The molecule has 3 rings (SSSR count). The van der Waals surface area contributed by atoms with Crippen LogP contribution >= 0.6 is 23.2 Å². The molecule has 2 aromatic rings. The van der Waals surface area contributed by atoms with Crippen molar-refractivity contribution in [1.82, 2.24) is 10.2 Å². The van der Waals surface area contributed by atoms with Crippen molar-refractivity contribution in [1.29, 1.82) is 0 Å². The van der Waals surface area contributed by atoms with Crippen molar-refractivity contribution in [3.63, 3.8) is 0 Å². The third-order valence-electron chi connectivity index (χ3n) is 5.41. The van der Waals surface area contributed by atoms with Gasteiger partial charge in [-0.05, 0) is 48.7 Å². The number of hydrogen-bond acceptors (Lipinski definition) is 2. The van der Waals surface area contributed by atoms with E-state index in [0.717, 1.165) is 23.1 Å². The van der Waals surface area contributed by atoms with E-state index in [1.165, 1.54) is 36.8 Å². The van der Waals surface area contributed by atoms with Gasteiger partial charge in [0.05, 0.1) is 6.04 Å². The van der Waals surface area contributed by atoms with Gasteiger partial charge in [0.25, 0.3) is 0 Å². The number of likely N-dealkylation sites (tertiary alicyclic amines) is 1. The van der Waals surface area contributed by atoms with Crippen LogP contribution in [-0.2, 0) is 0 Å². The second-order valence-corrected chi connectivity index (χ2v) is 8.59. The maximum absolute atomic E-state index is 6.10. The van der Waals surface area contributed by atoms with Crippen molar-refractivity contribution in [3.05, 3.63) is 69.7 Å². The molecule has 27 heavy (non-hydrogen) atoms. The zero-order valence-electron chi connectivity index (χ0n) is 16.3. The van der Waals surface area contributed by atoms with Crippen LogP contribution < -0.4 is 5.32 Å². The molecule has 1 aliphatic rings. The average Bonchev–Trinajstić information content (AvgIpc) is 2.63. The third-order valence-corrected chi connectivity index (χ3v) is 5.91. The van der Waals surface area contributed by atoms with E-state index in [2.05, 4.69) is 48.3 Å². The Labute approximate surface area is 173 Å².